The number of rotatable bonds is 8. The number of carboxylic acid groups (broad SMARTS) is 1. The van der Waals surface area contributed by atoms with Gasteiger partial charge in [0.25, 0.3) is 0 Å². The lowest BCUT2D eigenvalue weighted by Gasteiger charge is -2.06. The number of benzene rings is 4. The Morgan fingerprint density at radius 1 is 0.660 bits per heavy atom. The highest BCUT2D eigenvalue weighted by Gasteiger charge is 2.14. The molecule has 6 aromatic rings. The van der Waals surface area contributed by atoms with E-state index < -0.39 is 11.9 Å². The summed E-state index contributed by atoms with van der Waals surface area (Å²) < 4.78 is 20.0. The predicted octanol–water partition coefficient (Wildman–Crippen LogP) is 10.6. The maximum Gasteiger partial charge on any atom is 0.330 e. The van der Waals surface area contributed by atoms with Crippen molar-refractivity contribution in [2.24, 2.45) is 0 Å². The molecule has 0 atom stereocenters. The third kappa shape index (κ3) is 8.80. The van der Waals surface area contributed by atoms with Crippen molar-refractivity contribution in [1.29, 1.82) is 0 Å². The molecule has 12 heteroatoms. The Kier molecular flexibility index (Phi) is 11.0. The molecule has 0 bridgehead atoms. The second kappa shape index (κ2) is 15.3. The molecule has 47 heavy (non-hydrogen) atoms. The van der Waals surface area contributed by atoms with Crippen molar-refractivity contribution in [3.63, 3.8) is 0 Å². The molecule has 0 unspecified atom stereocenters. The monoisotopic (exact) mass is 794 g/mol. The molecule has 0 amide bonds. The average Bonchev–Trinajstić information content (AvgIpc) is 3.53. The number of ether oxygens (including phenoxy) is 3. The normalized spacial score (nSPS) is 11.1. The molecule has 6 rings (SSSR count). The molecule has 2 heterocycles. The van der Waals surface area contributed by atoms with Gasteiger partial charge in [-0.25, -0.2) is 9.59 Å². The summed E-state index contributed by atoms with van der Waals surface area (Å²) in [7, 11) is 1.34. The molecule has 0 fully saturated rings. The fourth-order valence-electron chi connectivity index (χ4n) is 4.18. The summed E-state index contributed by atoms with van der Waals surface area (Å²) in [4.78, 5) is 21.6. The largest absolute Gasteiger partial charge is 0.508 e. The summed E-state index contributed by atoms with van der Waals surface area (Å²) >= 11 is 9.97. The minimum Gasteiger partial charge on any atom is -0.508 e. The minimum atomic E-state index is -0.984. The highest BCUT2D eigenvalue weighted by molar-refractivity contribution is 9.11. The van der Waals surface area contributed by atoms with Gasteiger partial charge in [-0.3, -0.25) is 0 Å². The number of hydrogen-bond acceptors (Lipinski definition) is 9. The van der Waals surface area contributed by atoms with Crippen LogP contribution < -0.4 is 9.47 Å². The van der Waals surface area contributed by atoms with E-state index in [9.17, 15) is 19.8 Å². The van der Waals surface area contributed by atoms with Crippen molar-refractivity contribution >= 4 is 98.8 Å². The highest BCUT2D eigenvalue weighted by atomic mass is 79.9. The lowest BCUT2D eigenvalue weighted by atomic mass is 10.2. The van der Waals surface area contributed by atoms with Crippen LogP contribution in [0.2, 0.25) is 0 Å². The molecular weight excluding hydrogens is 772 g/mol. The highest BCUT2D eigenvalue weighted by Crippen LogP contribution is 2.46. The average molecular weight is 797 g/mol. The summed E-state index contributed by atoms with van der Waals surface area (Å²) in [5, 5.41) is 29.6. The number of phenols is 2. The molecule has 238 valence electrons. The first-order valence-corrected chi connectivity index (χ1v) is 16.9. The third-order valence-electron chi connectivity index (χ3n) is 6.41. The van der Waals surface area contributed by atoms with Crippen molar-refractivity contribution in [2.45, 2.75) is 0 Å². The van der Waals surface area contributed by atoms with Gasteiger partial charge in [-0.05, 0) is 116 Å². The molecule has 0 aliphatic heterocycles. The van der Waals surface area contributed by atoms with Crippen molar-refractivity contribution < 1.29 is 39.1 Å². The fourth-order valence-corrected chi connectivity index (χ4v) is 7.59. The number of methoxy groups -OCH3 is 1. The molecule has 3 N–H and O–H groups in total. The molecule has 0 saturated heterocycles. The molecule has 8 nitrogen and oxygen atoms in total. The van der Waals surface area contributed by atoms with Crippen molar-refractivity contribution in [3.05, 3.63) is 116 Å². The van der Waals surface area contributed by atoms with E-state index in [1.165, 1.54) is 41.9 Å². The van der Waals surface area contributed by atoms with Crippen LogP contribution in [0.3, 0.4) is 0 Å². The first-order valence-electron chi connectivity index (χ1n) is 13.6. The van der Waals surface area contributed by atoms with Crippen LogP contribution in [0.1, 0.15) is 11.1 Å². The number of esters is 1. The molecule has 0 saturated carbocycles. The van der Waals surface area contributed by atoms with Crippen LogP contribution in [0.15, 0.2) is 105 Å². The maximum atomic E-state index is 11.1. The van der Waals surface area contributed by atoms with E-state index in [0.717, 1.165) is 44.9 Å². The summed E-state index contributed by atoms with van der Waals surface area (Å²) in [6.07, 6.45) is 5.65. The number of halogens is 2. The van der Waals surface area contributed by atoms with E-state index in [4.69, 9.17) is 14.6 Å². The van der Waals surface area contributed by atoms with Gasteiger partial charge in [-0.2, -0.15) is 0 Å². The van der Waals surface area contributed by atoms with E-state index in [1.54, 1.807) is 54.6 Å². The van der Waals surface area contributed by atoms with E-state index in [1.807, 2.05) is 36.4 Å². The quantitative estimate of drug-likeness (QED) is 0.103. The Balaban J connectivity index is 0.000000185. The third-order valence-corrected chi connectivity index (χ3v) is 9.94. The van der Waals surface area contributed by atoms with Gasteiger partial charge in [0.1, 0.15) is 30.6 Å². The lowest BCUT2D eigenvalue weighted by Crippen LogP contribution is -1.93. The van der Waals surface area contributed by atoms with Gasteiger partial charge >= 0.3 is 11.9 Å². The molecule has 0 radical (unpaired) electrons. The first kappa shape index (κ1) is 33.7. The molecule has 4 aromatic carbocycles. The van der Waals surface area contributed by atoms with Crippen molar-refractivity contribution in [3.8, 4) is 34.5 Å². The Hall–Kier alpha value is -4.62. The minimum absolute atomic E-state index is 0.215. The number of fused-ring (bicyclic) bond motifs is 2. The Bertz CT molecular complexity index is 2110. The summed E-state index contributed by atoms with van der Waals surface area (Å²) in [5.41, 5.74) is 1.64. The van der Waals surface area contributed by atoms with Gasteiger partial charge in [0.15, 0.2) is 11.5 Å². The van der Waals surface area contributed by atoms with Gasteiger partial charge < -0.3 is 29.5 Å². The molecule has 0 aliphatic carbocycles. The van der Waals surface area contributed by atoms with Crippen LogP contribution in [0.25, 0.3) is 32.3 Å². The van der Waals surface area contributed by atoms with Crippen molar-refractivity contribution in [1.82, 2.24) is 0 Å². The number of aliphatic carboxylic acids is 1. The van der Waals surface area contributed by atoms with Gasteiger partial charge in [0, 0.05) is 32.3 Å². The van der Waals surface area contributed by atoms with Crippen LogP contribution in [0, 0.1) is 0 Å². The zero-order valence-electron chi connectivity index (χ0n) is 24.3. The Morgan fingerprint density at radius 3 is 1.49 bits per heavy atom. The molecule has 0 spiro atoms. The molecule has 2 aromatic heterocycles. The number of carboxylic acids is 1. The number of hydrogen-bond donors (Lipinski definition) is 3. The van der Waals surface area contributed by atoms with Crippen molar-refractivity contribution in [2.75, 3.05) is 7.11 Å². The topological polar surface area (TPSA) is 123 Å². The van der Waals surface area contributed by atoms with E-state index >= 15 is 0 Å². The zero-order chi connectivity index (χ0) is 33.5. The number of carbonyl (C=O) groups excluding carboxylic acids is 1. The predicted molar refractivity (Wildman–Crippen MR) is 193 cm³/mol. The zero-order valence-corrected chi connectivity index (χ0v) is 29.2. The van der Waals surface area contributed by atoms with Crippen LogP contribution in [-0.4, -0.2) is 34.4 Å². The van der Waals surface area contributed by atoms with Gasteiger partial charge in [0.05, 0.1) is 7.11 Å². The number of thiophene rings is 2. The fraction of sp³-hybridized carbons (Fsp3) is 0.0286. The second-order valence-electron chi connectivity index (χ2n) is 9.64. The van der Waals surface area contributed by atoms with Crippen LogP contribution >= 0.6 is 54.5 Å². The van der Waals surface area contributed by atoms with E-state index in [2.05, 4.69) is 36.6 Å². The molecular formula is C35H24Br2O8S2. The Morgan fingerprint density at radius 2 is 1.09 bits per heavy atom. The summed E-state index contributed by atoms with van der Waals surface area (Å²) in [6.45, 7) is 0. The van der Waals surface area contributed by atoms with Gasteiger partial charge in [-0.15, -0.1) is 22.7 Å². The van der Waals surface area contributed by atoms with Crippen LogP contribution in [-0.2, 0) is 14.3 Å². The van der Waals surface area contributed by atoms with E-state index in [-0.39, 0.29) is 11.5 Å². The standard InChI is InChI=1S/C18H13BrO4S.C17H11BrO4S/c1-22-16(21)9-4-11-2-6-13(7-3-11)23-17-14-8-5-12(20)10-15(14)24-18(17)19;18-17-16(13-7-4-11(19)9-14(13)23-17)22-12-5-1-10(2-6-12)3-8-15(20)21/h2-10,20H,1H3;1-9,19H,(H,20,21)/b9-4+;8-3+. The smallest absolute Gasteiger partial charge is 0.330 e. The lowest BCUT2D eigenvalue weighted by molar-refractivity contribution is -0.135. The Labute approximate surface area is 293 Å². The maximum absolute atomic E-state index is 11.1. The summed E-state index contributed by atoms with van der Waals surface area (Å²) in [6, 6.07) is 24.8. The number of aromatic hydroxyl groups is 2. The first-order chi connectivity index (χ1) is 22.6. The number of carbonyl (C=O) groups is 2. The van der Waals surface area contributed by atoms with Gasteiger partial charge in [0.2, 0.25) is 0 Å². The molecule has 0 aliphatic rings. The SMILES string of the molecule is COC(=O)/C=C/c1ccc(Oc2c(Br)sc3cc(O)ccc23)cc1.O=C(O)/C=C/c1ccc(Oc2c(Br)sc3cc(O)ccc23)cc1. The van der Waals surface area contributed by atoms with Crippen LogP contribution in [0.4, 0.5) is 0 Å². The second-order valence-corrected chi connectivity index (χ2v) is 14.4. The van der Waals surface area contributed by atoms with Crippen LogP contribution in [0.5, 0.6) is 34.5 Å². The number of phenolic OH excluding ortho intramolecular Hbond substituents is 2. The van der Waals surface area contributed by atoms with E-state index in [0.29, 0.717) is 23.0 Å². The summed E-state index contributed by atoms with van der Waals surface area (Å²) in [5.74, 6) is 1.79. The van der Waals surface area contributed by atoms with Gasteiger partial charge in [-0.1, -0.05) is 24.3 Å².